The molecule has 1 unspecified atom stereocenters. The monoisotopic (exact) mass is 475 g/mol. The van der Waals surface area contributed by atoms with Crippen LogP contribution in [-0.2, 0) is 12.5 Å². The molecular weight excluding hydrogens is 438 g/mol. The van der Waals surface area contributed by atoms with Crippen LogP contribution in [0.25, 0.3) is 11.5 Å². The Morgan fingerprint density at radius 2 is 1.86 bits per heavy atom. The average molecular weight is 476 g/mol. The number of carbonyl (C=O) groups excluding carboxylic acids is 1. The number of rotatable bonds is 3. The van der Waals surface area contributed by atoms with Gasteiger partial charge in [0.05, 0.1) is 0 Å². The molecule has 1 saturated heterocycles. The molecule has 0 spiro atoms. The molecule has 2 aromatic rings. The Kier molecular flexibility index (Phi) is 7.10. The van der Waals surface area contributed by atoms with Gasteiger partial charge in [-0.3, -0.25) is 15.2 Å². The summed E-state index contributed by atoms with van der Waals surface area (Å²) in [7, 11) is 1.91. The lowest BCUT2D eigenvalue weighted by atomic mass is 9.88. The van der Waals surface area contributed by atoms with Crippen molar-refractivity contribution in [1.29, 1.82) is 0 Å². The van der Waals surface area contributed by atoms with Crippen LogP contribution in [0.5, 0.6) is 0 Å². The number of nitrogens with one attached hydrogen (secondary N) is 1. The third kappa shape index (κ3) is 5.01. The van der Waals surface area contributed by atoms with Crippen LogP contribution in [0.15, 0.2) is 54.1 Å². The van der Waals surface area contributed by atoms with E-state index in [0.29, 0.717) is 30.5 Å². The lowest BCUT2D eigenvalue weighted by Crippen LogP contribution is -2.44. The fourth-order valence-corrected chi connectivity index (χ4v) is 4.59. The van der Waals surface area contributed by atoms with Gasteiger partial charge in [-0.2, -0.15) is 5.10 Å². The third-order valence-electron chi connectivity index (χ3n) is 6.63. The molecule has 1 amide bonds. The van der Waals surface area contributed by atoms with E-state index in [1.54, 1.807) is 0 Å². The highest BCUT2D eigenvalue weighted by molar-refractivity contribution is 5.93. The summed E-state index contributed by atoms with van der Waals surface area (Å²) < 4.78 is 1.88. The zero-order valence-electron chi connectivity index (χ0n) is 21.7. The third-order valence-corrected chi connectivity index (χ3v) is 6.63. The number of aromatic nitrogens is 3. The first-order chi connectivity index (χ1) is 16.8. The SMILES string of the molecule is CC.Cn1cc(C(=O)N2CCC(C3=NNC4C=CC=CN34)CC2)nc1-c1ccc(C(C)(C)C)cn1. The number of likely N-dealkylation sites (tertiary alicyclic amines) is 1. The molecule has 2 aromatic heterocycles. The summed E-state index contributed by atoms with van der Waals surface area (Å²) in [4.78, 5) is 26.5. The molecule has 3 aliphatic heterocycles. The summed E-state index contributed by atoms with van der Waals surface area (Å²) in [6.45, 7) is 11.9. The molecule has 0 bridgehead atoms. The van der Waals surface area contributed by atoms with E-state index in [1.807, 2.05) is 61.0 Å². The maximum absolute atomic E-state index is 13.2. The molecule has 1 N–H and O–H groups in total. The van der Waals surface area contributed by atoms with Crippen LogP contribution in [0.4, 0.5) is 0 Å². The van der Waals surface area contributed by atoms with Crippen LogP contribution in [-0.4, -0.2) is 55.3 Å². The minimum atomic E-state index is -0.0215. The zero-order chi connectivity index (χ0) is 25.2. The first kappa shape index (κ1) is 24.7. The minimum absolute atomic E-state index is 0.0215. The molecule has 3 aliphatic rings. The topological polar surface area (TPSA) is 78.7 Å². The largest absolute Gasteiger partial charge is 0.337 e. The standard InChI is InChI=1S/C25H31N7O.C2H6/c1-25(2,3)18-8-9-19(26-15-18)23-27-20(16-30(23)4)24(33)31-13-10-17(11-14-31)22-29-28-21-7-5-6-12-32(21)22;1-2/h5-9,12,15-17,21,28H,10-11,13-14H2,1-4H3;1-2H3. The lowest BCUT2D eigenvalue weighted by Gasteiger charge is -2.34. The molecule has 5 heterocycles. The second-order valence-electron chi connectivity index (χ2n) is 9.99. The quantitative estimate of drug-likeness (QED) is 0.717. The van der Waals surface area contributed by atoms with Gasteiger partial charge in [0.1, 0.15) is 23.4 Å². The van der Waals surface area contributed by atoms with E-state index in [0.717, 1.165) is 24.4 Å². The number of aryl methyl sites for hydroxylation is 1. The Bertz CT molecular complexity index is 1130. The van der Waals surface area contributed by atoms with Crippen LogP contribution in [0.3, 0.4) is 0 Å². The number of amides is 1. The van der Waals surface area contributed by atoms with Gasteiger partial charge in [-0.15, -0.1) is 0 Å². The first-order valence-corrected chi connectivity index (χ1v) is 12.6. The van der Waals surface area contributed by atoms with E-state index in [2.05, 4.69) is 64.5 Å². The van der Waals surface area contributed by atoms with Gasteiger partial charge in [-0.1, -0.05) is 46.8 Å². The molecular formula is C27H37N7O. The fraction of sp³-hybridized carbons (Fsp3) is 0.481. The Hall–Kier alpha value is -3.42. The Morgan fingerprint density at radius 3 is 2.51 bits per heavy atom. The van der Waals surface area contributed by atoms with Crippen LogP contribution in [0, 0.1) is 5.92 Å². The summed E-state index contributed by atoms with van der Waals surface area (Å²) in [5, 5.41) is 4.57. The highest BCUT2D eigenvalue weighted by atomic mass is 16.2. The van der Waals surface area contributed by atoms with Crippen molar-refractivity contribution < 1.29 is 4.79 Å². The van der Waals surface area contributed by atoms with Gasteiger partial charge in [0.25, 0.3) is 5.91 Å². The number of hydrogen-bond acceptors (Lipinski definition) is 6. The van der Waals surface area contributed by atoms with Crippen molar-refractivity contribution in [2.45, 2.75) is 59.0 Å². The number of nitrogens with zero attached hydrogens (tertiary/aromatic N) is 6. The van der Waals surface area contributed by atoms with E-state index < -0.39 is 0 Å². The zero-order valence-corrected chi connectivity index (χ0v) is 21.7. The summed E-state index contributed by atoms with van der Waals surface area (Å²) in [6.07, 6.45) is 13.8. The van der Waals surface area contributed by atoms with Crippen LogP contribution >= 0.6 is 0 Å². The van der Waals surface area contributed by atoms with Crippen molar-refractivity contribution >= 4 is 11.7 Å². The summed E-state index contributed by atoms with van der Waals surface area (Å²) in [6, 6.07) is 4.07. The number of hydrazone groups is 1. The maximum Gasteiger partial charge on any atom is 0.274 e. The molecule has 0 saturated carbocycles. The Morgan fingerprint density at radius 1 is 1.11 bits per heavy atom. The molecule has 0 radical (unpaired) electrons. The average Bonchev–Trinajstić information content (AvgIpc) is 3.48. The van der Waals surface area contributed by atoms with Crippen LogP contribution in [0.1, 0.15) is 63.5 Å². The first-order valence-electron chi connectivity index (χ1n) is 12.6. The van der Waals surface area contributed by atoms with E-state index in [4.69, 9.17) is 0 Å². The Balaban J connectivity index is 0.00000141. The normalized spacial score (nSPS) is 19.6. The van der Waals surface area contributed by atoms with Crippen molar-refractivity contribution in [1.82, 2.24) is 29.8 Å². The smallest absolute Gasteiger partial charge is 0.274 e. The number of allylic oxidation sites excluding steroid dienone is 2. The van der Waals surface area contributed by atoms with E-state index in [1.165, 1.54) is 5.56 Å². The van der Waals surface area contributed by atoms with Gasteiger partial charge in [0.15, 0.2) is 5.82 Å². The second kappa shape index (κ2) is 10.1. The number of fused-ring (bicyclic) bond motifs is 1. The van der Waals surface area contributed by atoms with Gasteiger partial charge < -0.3 is 14.4 Å². The molecule has 1 fully saturated rings. The molecule has 35 heavy (non-hydrogen) atoms. The van der Waals surface area contributed by atoms with Gasteiger partial charge in [-0.05, 0) is 42.0 Å². The fourth-order valence-electron chi connectivity index (χ4n) is 4.59. The summed E-state index contributed by atoms with van der Waals surface area (Å²) >= 11 is 0. The van der Waals surface area contributed by atoms with E-state index in [9.17, 15) is 4.79 Å². The number of piperidine rings is 1. The predicted molar refractivity (Wildman–Crippen MR) is 140 cm³/mol. The van der Waals surface area contributed by atoms with Crippen molar-refractivity contribution in [3.05, 3.63) is 60.2 Å². The predicted octanol–water partition coefficient (Wildman–Crippen LogP) is 4.29. The molecule has 0 aromatic carbocycles. The Labute approximate surface area is 208 Å². The second-order valence-corrected chi connectivity index (χ2v) is 9.99. The molecule has 5 rings (SSSR count). The molecule has 0 aliphatic carbocycles. The number of imidazole rings is 1. The highest BCUT2D eigenvalue weighted by Gasteiger charge is 2.34. The summed E-state index contributed by atoms with van der Waals surface area (Å²) in [5.41, 5.74) is 5.63. The van der Waals surface area contributed by atoms with Crippen LogP contribution < -0.4 is 5.43 Å². The molecule has 8 nitrogen and oxygen atoms in total. The number of amidine groups is 1. The van der Waals surface area contributed by atoms with Crippen molar-refractivity contribution in [3.8, 4) is 11.5 Å². The maximum atomic E-state index is 13.2. The highest BCUT2D eigenvalue weighted by Crippen LogP contribution is 2.27. The number of carbonyl (C=O) groups is 1. The summed E-state index contributed by atoms with van der Waals surface area (Å²) in [5.74, 6) is 2.09. The van der Waals surface area contributed by atoms with Gasteiger partial charge >= 0.3 is 0 Å². The van der Waals surface area contributed by atoms with E-state index in [-0.39, 0.29) is 17.5 Å². The van der Waals surface area contributed by atoms with Crippen molar-refractivity contribution in [2.75, 3.05) is 13.1 Å². The number of pyridine rings is 1. The van der Waals surface area contributed by atoms with Gasteiger partial charge in [-0.25, -0.2) is 4.98 Å². The number of hydrogen-bond donors (Lipinski definition) is 1. The van der Waals surface area contributed by atoms with Gasteiger partial charge in [0, 0.05) is 44.6 Å². The minimum Gasteiger partial charge on any atom is -0.337 e. The molecule has 186 valence electrons. The van der Waals surface area contributed by atoms with Crippen molar-refractivity contribution in [2.24, 2.45) is 18.1 Å². The lowest BCUT2D eigenvalue weighted by molar-refractivity contribution is 0.0702. The van der Waals surface area contributed by atoms with Crippen LogP contribution in [0.2, 0.25) is 0 Å². The molecule has 8 heteroatoms. The van der Waals surface area contributed by atoms with Crippen molar-refractivity contribution in [3.63, 3.8) is 0 Å². The molecule has 1 atom stereocenters. The van der Waals surface area contributed by atoms with E-state index >= 15 is 0 Å². The van der Waals surface area contributed by atoms with Gasteiger partial charge in [0.2, 0.25) is 0 Å².